The fraction of sp³-hybridized carbons (Fsp3) is 0.412. The largest absolute Gasteiger partial charge is 0.490 e. The fourth-order valence-electron chi connectivity index (χ4n) is 5.52. The molecule has 1 saturated carbocycles. The molecule has 0 heterocycles. The van der Waals surface area contributed by atoms with Crippen molar-refractivity contribution in [2.24, 2.45) is 0 Å². The number of hydrogen-bond acceptors (Lipinski definition) is 2. The number of ether oxygens (including phenoxy) is 1. The van der Waals surface area contributed by atoms with Gasteiger partial charge in [0.15, 0.2) is 0 Å². The van der Waals surface area contributed by atoms with E-state index in [9.17, 15) is 4.39 Å². The van der Waals surface area contributed by atoms with Crippen LogP contribution in [0.15, 0.2) is 60.7 Å². The third-order valence-corrected chi connectivity index (χ3v) is 7.69. The highest BCUT2D eigenvalue weighted by molar-refractivity contribution is 6.00. The number of halogens is 2. The van der Waals surface area contributed by atoms with Gasteiger partial charge >= 0.3 is 0 Å². The van der Waals surface area contributed by atoms with Crippen LogP contribution in [0.1, 0.15) is 98.9 Å². The van der Waals surface area contributed by atoms with Crippen LogP contribution in [0, 0.1) is 12.7 Å². The predicted octanol–water partition coefficient (Wildman–Crippen LogP) is 9.65. The normalized spacial score (nSPS) is 17.4. The highest BCUT2D eigenvalue weighted by Gasteiger charge is 2.25. The molecule has 0 saturated heterocycles. The van der Waals surface area contributed by atoms with Crippen LogP contribution in [0.3, 0.4) is 0 Å². The minimum atomic E-state index is -0.157. The van der Waals surface area contributed by atoms with Crippen molar-refractivity contribution in [2.75, 3.05) is 12.4 Å². The number of rotatable bonds is 6. The molecule has 2 nitrogen and oxygen atoms in total. The zero-order chi connectivity index (χ0) is 27.1. The molecule has 1 fully saturated rings. The quantitative estimate of drug-likeness (QED) is 0.330. The third-order valence-electron chi connectivity index (χ3n) is 7.69. The summed E-state index contributed by atoms with van der Waals surface area (Å²) in [5.74, 6) is 1.10. The Hall–Kier alpha value is -3.14. The monoisotopic (exact) mass is 517 g/mol. The van der Waals surface area contributed by atoms with E-state index in [-0.39, 0.29) is 12.5 Å². The molecule has 0 aliphatic heterocycles. The number of alkyl halides is 1. The maximum absolute atomic E-state index is 15.2. The predicted molar refractivity (Wildman–Crippen MR) is 156 cm³/mol. The molecule has 2 N–H and O–H groups in total. The van der Waals surface area contributed by atoms with E-state index >= 15 is 4.39 Å². The number of benzene rings is 3. The van der Waals surface area contributed by atoms with Crippen molar-refractivity contribution >= 4 is 16.8 Å². The molecule has 1 atom stereocenters. The lowest BCUT2D eigenvalue weighted by atomic mass is 9.86. The number of anilines is 1. The Morgan fingerprint density at radius 3 is 2.26 bits per heavy atom. The molecule has 5 rings (SSSR count). The molecule has 0 radical (unpaired) electrons. The molecule has 1 unspecified atom stereocenters. The molecule has 4 heteroatoms. The van der Waals surface area contributed by atoms with Crippen molar-refractivity contribution in [1.82, 2.24) is 0 Å². The van der Waals surface area contributed by atoms with E-state index in [4.69, 9.17) is 10.5 Å². The minimum Gasteiger partial charge on any atom is -0.490 e. The summed E-state index contributed by atoms with van der Waals surface area (Å²) < 4.78 is 32.4. The first kappa shape index (κ1) is 27.9. The molecule has 202 valence electrons. The average Bonchev–Trinajstić information content (AvgIpc) is 3.37. The first-order chi connectivity index (χ1) is 18.4. The van der Waals surface area contributed by atoms with Gasteiger partial charge < -0.3 is 10.5 Å². The molecular formula is C34H41F2NO. The van der Waals surface area contributed by atoms with Crippen LogP contribution < -0.4 is 10.5 Å². The van der Waals surface area contributed by atoms with E-state index in [0.717, 1.165) is 77.8 Å². The van der Waals surface area contributed by atoms with Gasteiger partial charge in [0.2, 0.25) is 0 Å². The SMILES string of the molecule is CCCCF.Cc1ccc(C2=C(c3ccc(OC4CCCC4)cc3)c3ccc(N)cc3C(C)CC2)c(F)c1. The smallest absolute Gasteiger partial charge is 0.130 e. The van der Waals surface area contributed by atoms with Gasteiger partial charge in [0.05, 0.1) is 12.8 Å². The average molecular weight is 518 g/mol. The molecule has 3 aromatic rings. The number of nitrogens with two attached hydrogens (primary N) is 1. The second kappa shape index (κ2) is 13.1. The molecule has 0 spiro atoms. The van der Waals surface area contributed by atoms with E-state index in [1.54, 1.807) is 6.07 Å². The zero-order valence-electron chi connectivity index (χ0n) is 23.0. The van der Waals surface area contributed by atoms with E-state index in [2.05, 4.69) is 43.3 Å². The Bertz CT molecular complexity index is 1240. The summed E-state index contributed by atoms with van der Waals surface area (Å²) in [6.07, 6.45) is 8.55. The van der Waals surface area contributed by atoms with Gasteiger partial charge in [-0.05, 0) is 122 Å². The Kier molecular flexibility index (Phi) is 9.60. The van der Waals surface area contributed by atoms with Crippen molar-refractivity contribution in [3.8, 4) is 5.75 Å². The molecular weight excluding hydrogens is 476 g/mol. The van der Waals surface area contributed by atoms with Crippen LogP contribution in [-0.4, -0.2) is 12.8 Å². The van der Waals surface area contributed by atoms with Crippen LogP contribution >= 0.6 is 0 Å². The van der Waals surface area contributed by atoms with Crippen LogP contribution in [-0.2, 0) is 0 Å². The summed E-state index contributed by atoms with van der Waals surface area (Å²) in [4.78, 5) is 0. The van der Waals surface area contributed by atoms with Crippen LogP contribution in [0.4, 0.5) is 14.5 Å². The van der Waals surface area contributed by atoms with Crippen LogP contribution in [0.5, 0.6) is 5.75 Å². The Morgan fingerprint density at radius 2 is 1.63 bits per heavy atom. The highest BCUT2D eigenvalue weighted by atomic mass is 19.1. The number of aryl methyl sites for hydroxylation is 1. The summed E-state index contributed by atoms with van der Waals surface area (Å²) in [6.45, 7) is 5.98. The van der Waals surface area contributed by atoms with Crippen molar-refractivity contribution in [1.29, 1.82) is 0 Å². The molecule has 2 aliphatic carbocycles. The Labute approximate surface area is 226 Å². The maximum atomic E-state index is 15.2. The lowest BCUT2D eigenvalue weighted by Crippen LogP contribution is -2.10. The second-order valence-electron chi connectivity index (χ2n) is 10.7. The van der Waals surface area contributed by atoms with Gasteiger partial charge in [0, 0.05) is 11.3 Å². The van der Waals surface area contributed by atoms with Crippen LogP contribution in [0.2, 0.25) is 0 Å². The van der Waals surface area contributed by atoms with Gasteiger partial charge in [-0.1, -0.05) is 50.6 Å². The molecule has 38 heavy (non-hydrogen) atoms. The van der Waals surface area contributed by atoms with Crippen molar-refractivity contribution < 1.29 is 13.5 Å². The zero-order valence-corrected chi connectivity index (χ0v) is 23.0. The van der Waals surface area contributed by atoms with Gasteiger partial charge in [0.25, 0.3) is 0 Å². The number of fused-ring (bicyclic) bond motifs is 1. The molecule has 0 aromatic heterocycles. The fourth-order valence-corrected chi connectivity index (χ4v) is 5.52. The first-order valence-corrected chi connectivity index (χ1v) is 14.1. The van der Waals surface area contributed by atoms with E-state index in [0.29, 0.717) is 17.6 Å². The third kappa shape index (κ3) is 6.64. The Morgan fingerprint density at radius 1 is 0.921 bits per heavy atom. The van der Waals surface area contributed by atoms with Crippen molar-refractivity contribution in [3.63, 3.8) is 0 Å². The summed E-state index contributed by atoms with van der Waals surface area (Å²) in [7, 11) is 0. The number of hydrogen-bond donors (Lipinski definition) is 1. The molecule has 2 aliphatic rings. The topological polar surface area (TPSA) is 35.2 Å². The number of nitrogen functional groups attached to an aromatic ring is 1. The van der Waals surface area contributed by atoms with Gasteiger partial charge in [-0.2, -0.15) is 0 Å². The summed E-state index contributed by atoms with van der Waals surface area (Å²) >= 11 is 0. The Balaban J connectivity index is 0.000000617. The number of unbranched alkanes of at least 4 members (excludes halogenated alkanes) is 1. The molecule has 0 amide bonds. The van der Waals surface area contributed by atoms with Gasteiger partial charge in [-0.25, -0.2) is 4.39 Å². The van der Waals surface area contributed by atoms with E-state index < -0.39 is 0 Å². The van der Waals surface area contributed by atoms with Gasteiger partial charge in [0.1, 0.15) is 11.6 Å². The van der Waals surface area contributed by atoms with Gasteiger partial charge in [-0.15, -0.1) is 0 Å². The maximum Gasteiger partial charge on any atom is 0.130 e. The lowest BCUT2D eigenvalue weighted by molar-refractivity contribution is 0.210. The second-order valence-corrected chi connectivity index (χ2v) is 10.7. The molecule has 3 aromatic carbocycles. The standard InChI is InChI=1S/C30H32FNO.C4H9F/c1-19-7-14-25(29(31)17-19)26-15-8-20(2)28-18-22(32)11-16-27(28)30(26)21-9-12-24(13-10-21)33-23-5-3-4-6-23;1-2-3-4-5/h7,9-14,16-18,20,23H,3-6,8,15,32H2,1-2H3;2-4H2,1H3. The lowest BCUT2D eigenvalue weighted by Gasteiger charge is -2.19. The first-order valence-electron chi connectivity index (χ1n) is 14.1. The van der Waals surface area contributed by atoms with Crippen LogP contribution in [0.25, 0.3) is 11.1 Å². The van der Waals surface area contributed by atoms with E-state index in [1.807, 2.05) is 32.0 Å². The van der Waals surface area contributed by atoms with E-state index in [1.165, 1.54) is 18.4 Å². The minimum absolute atomic E-state index is 0.156. The van der Waals surface area contributed by atoms with Crippen molar-refractivity contribution in [2.45, 2.75) is 84.2 Å². The van der Waals surface area contributed by atoms with Gasteiger partial charge in [-0.3, -0.25) is 4.39 Å². The summed E-state index contributed by atoms with van der Waals surface area (Å²) in [5.41, 5.74) is 14.2. The molecule has 0 bridgehead atoms. The highest BCUT2D eigenvalue weighted by Crippen LogP contribution is 2.44. The van der Waals surface area contributed by atoms with Crippen molar-refractivity contribution in [3.05, 3.63) is 94.3 Å². The number of allylic oxidation sites excluding steroid dienone is 1. The summed E-state index contributed by atoms with van der Waals surface area (Å²) in [5, 5.41) is 0. The summed E-state index contributed by atoms with van der Waals surface area (Å²) in [6, 6.07) is 20.1.